The molecule has 1 rings (SSSR count). The van der Waals surface area contributed by atoms with E-state index < -0.39 is 0 Å². The summed E-state index contributed by atoms with van der Waals surface area (Å²) >= 11 is 0. The molecule has 2 nitrogen and oxygen atoms in total. The minimum Gasteiger partial charge on any atom is -0.329 e. The zero-order chi connectivity index (χ0) is 8.65. The summed E-state index contributed by atoms with van der Waals surface area (Å²) in [5, 5.41) is 3.32. The second-order valence-electron chi connectivity index (χ2n) is 3.40. The molecule has 0 amide bonds. The zero-order valence-corrected chi connectivity index (χ0v) is 7.81. The standard InChI is InChI=1S/C10H20N2/c11-7-9-12-8-6-10-4-2-1-3-5-10/h4,12H,1-3,5-9,11H2. The average molecular weight is 168 g/mol. The molecule has 0 saturated carbocycles. The van der Waals surface area contributed by atoms with Crippen LogP contribution in [-0.2, 0) is 0 Å². The Bertz CT molecular complexity index is 141. The van der Waals surface area contributed by atoms with Crippen LogP contribution < -0.4 is 11.1 Å². The van der Waals surface area contributed by atoms with Gasteiger partial charge in [0.05, 0.1) is 0 Å². The average Bonchev–Trinajstić information content (AvgIpc) is 2.14. The van der Waals surface area contributed by atoms with Crippen LogP contribution in [0.3, 0.4) is 0 Å². The molecule has 0 spiro atoms. The number of hydrogen-bond donors (Lipinski definition) is 2. The SMILES string of the molecule is NCCNCCC1=CCCCC1. The lowest BCUT2D eigenvalue weighted by Gasteiger charge is -2.12. The molecule has 0 radical (unpaired) electrons. The highest BCUT2D eigenvalue weighted by Crippen LogP contribution is 2.19. The summed E-state index contributed by atoms with van der Waals surface area (Å²) in [6.45, 7) is 2.80. The summed E-state index contributed by atoms with van der Waals surface area (Å²) in [5.41, 5.74) is 7.01. The van der Waals surface area contributed by atoms with Crippen LogP contribution in [0.2, 0.25) is 0 Å². The second kappa shape index (κ2) is 6.21. The monoisotopic (exact) mass is 168 g/mol. The molecule has 0 atom stereocenters. The first-order valence-electron chi connectivity index (χ1n) is 5.02. The zero-order valence-electron chi connectivity index (χ0n) is 7.81. The largest absolute Gasteiger partial charge is 0.329 e. The van der Waals surface area contributed by atoms with Crippen LogP contribution >= 0.6 is 0 Å². The summed E-state index contributed by atoms with van der Waals surface area (Å²) in [6, 6.07) is 0. The third kappa shape index (κ3) is 3.88. The van der Waals surface area contributed by atoms with Gasteiger partial charge in [-0.3, -0.25) is 0 Å². The second-order valence-corrected chi connectivity index (χ2v) is 3.40. The highest BCUT2D eigenvalue weighted by atomic mass is 14.9. The molecule has 0 saturated heterocycles. The Hall–Kier alpha value is -0.340. The highest BCUT2D eigenvalue weighted by Gasteiger charge is 2.01. The predicted octanol–water partition coefficient (Wildman–Crippen LogP) is 1.43. The van der Waals surface area contributed by atoms with Gasteiger partial charge in [0.15, 0.2) is 0 Å². The van der Waals surface area contributed by atoms with Crippen LogP contribution in [0.5, 0.6) is 0 Å². The molecule has 12 heavy (non-hydrogen) atoms. The number of rotatable bonds is 5. The number of allylic oxidation sites excluding steroid dienone is 1. The van der Waals surface area contributed by atoms with Crippen LogP contribution in [0.25, 0.3) is 0 Å². The van der Waals surface area contributed by atoms with Crippen molar-refractivity contribution in [3.8, 4) is 0 Å². The van der Waals surface area contributed by atoms with Crippen molar-refractivity contribution in [2.75, 3.05) is 19.6 Å². The lowest BCUT2D eigenvalue weighted by molar-refractivity contribution is 0.635. The molecule has 3 N–H and O–H groups in total. The molecule has 0 aromatic rings. The van der Waals surface area contributed by atoms with E-state index in [-0.39, 0.29) is 0 Å². The molecule has 0 aromatic carbocycles. The third-order valence-corrected chi connectivity index (χ3v) is 2.33. The van der Waals surface area contributed by atoms with E-state index in [2.05, 4.69) is 11.4 Å². The van der Waals surface area contributed by atoms with Gasteiger partial charge in [0, 0.05) is 13.1 Å². The van der Waals surface area contributed by atoms with Gasteiger partial charge in [-0.05, 0) is 38.6 Å². The van der Waals surface area contributed by atoms with E-state index in [1.54, 1.807) is 5.57 Å². The summed E-state index contributed by atoms with van der Waals surface area (Å²) < 4.78 is 0. The van der Waals surface area contributed by atoms with Gasteiger partial charge in [0.1, 0.15) is 0 Å². The van der Waals surface area contributed by atoms with Gasteiger partial charge in [0.2, 0.25) is 0 Å². The molecule has 0 heterocycles. The quantitative estimate of drug-likeness (QED) is 0.481. The fourth-order valence-electron chi connectivity index (χ4n) is 1.61. The van der Waals surface area contributed by atoms with Gasteiger partial charge in [-0.15, -0.1) is 0 Å². The number of nitrogens with one attached hydrogen (secondary N) is 1. The maximum absolute atomic E-state index is 5.37. The molecule has 0 unspecified atom stereocenters. The van der Waals surface area contributed by atoms with Gasteiger partial charge < -0.3 is 11.1 Å². The van der Waals surface area contributed by atoms with E-state index in [0.29, 0.717) is 0 Å². The number of hydrogen-bond acceptors (Lipinski definition) is 2. The van der Waals surface area contributed by atoms with Gasteiger partial charge in [-0.2, -0.15) is 0 Å². The first kappa shape index (κ1) is 9.75. The van der Waals surface area contributed by atoms with Gasteiger partial charge in [-0.1, -0.05) is 11.6 Å². The first-order chi connectivity index (χ1) is 5.93. The Morgan fingerprint density at radius 3 is 2.92 bits per heavy atom. The van der Waals surface area contributed by atoms with Crippen molar-refractivity contribution in [1.29, 1.82) is 0 Å². The summed E-state index contributed by atoms with van der Waals surface area (Å²) in [4.78, 5) is 0. The fraction of sp³-hybridized carbons (Fsp3) is 0.800. The summed E-state index contributed by atoms with van der Waals surface area (Å²) in [7, 11) is 0. The molecule has 2 heteroatoms. The Morgan fingerprint density at radius 2 is 2.25 bits per heavy atom. The van der Waals surface area contributed by atoms with Crippen molar-refractivity contribution in [3.63, 3.8) is 0 Å². The van der Waals surface area contributed by atoms with Crippen molar-refractivity contribution < 1.29 is 0 Å². The van der Waals surface area contributed by atoms with E-state index in [0.717, 1.165) is 19.6 Å². The molecule has 70 valence electrons. The first-order valence-corrected chi connectivity index (χ1v) is 5.02. The maximum Gasteiger partial charge on any atom is 0.00746 e. The van der Waals surface area contributed by atoms with Crippen molar-refractivity contribution >= 4 is 0 Å². The Kier molecular flexibility index (Phi) is 5.04. The van der Waals surface area contributed by atoms with Crippen LogP contribution in [0.1, 0.15) is 32.1 Å². The minimum absolute atomic E-state index is 0.749. The van der Waals surface area contributed by atoms with E-state index >= 15 is 0 Å². The van der Waals surface area contributed by atoms with E-state index in [1.165, 1.54) is 32.1 Å². The molecule has 0 aromatic heterocycles. The van der Waals surface area contributed by atoms with E-state index in [1.807, 2.05) is 0 Å². The van der Waals surface area contributed by atoms with Gasteiger partial charge in [0.25, 0.3) is 0 Å². The van der Waals surface area contributed by atoms with E-state index in [4.69, 9.17) is 5.73 Å². The molecule has 1 aliphatic carbocycles. The van der Waals surface area contributed by atoms with Crippen molar-refractivity contribution in [2.45, 2.75) is 32.1 Å². The van der Waals surface area contributed by atoms with Crippen molar-refractivity contribution in [2.24, 2.45) is 5.73 Å². The highest BCUT2D eigenvalue weighted by molar-refractivity contribution is 5.04. The lowest BCUT2D eigenvalue weighted by Crippen LogP contribution is -2.23. The summed E-state index contributed by atoms with van der Waals surface area (Å²) in [6.07, 6.45) is 9.03. The lowest BCUT2D eigenvalue weighted by atomic mass is 9.97. The van der Waals surface area contributed by atoms with Crippen LogP contribution in [0.15, 0.2) is 11.6 Å². The van der Waals surface area contributed by atoms with E-state index in [9.17, 15) is 0 Å². The smallest absolute Gasteiger partial charge is 0.00746 e. The van der Waals surface area contributed by atoms with Crippen molar-refractivity contribution in [3.05, 3.63) is 11.6 Å². The maximum atomic E-state index is 5.37. The molecule has 0 fully saturated rings. The molecular weight excluding hydrogens is 148 g/mol. The minimum atomic E-state index is 0.749. The Labute approximate surface area is 75.2 Å². The van der Waals surface area contributed by atoms with Crippen molar-refractivity contribution in [1.82, 2.24) is 5.32 Å². The third-order valence-electron chi connectivity index (χ3n) is 2.33. The molecule has 1 aliphatic rings. The molecule has 0 bridgehead atoms. The Morgan fingerprint density at radius 1 is 1.33 bits per heavy atom. The topological polar surface area (TPSA) is 38.0 Å². The molecular formula is C10H20N2. The van der Waals surface area contributed by atoms with Crippen LogP contribution in [-0.4, -0.2) is 19.6 Å². The predicted molar refractivity (Wildman–Crippen MR) is 53.1 cm³/mol. The van der Waals surface area contributed by atoms with Gasteiger partial charge >= 0.3 is 0 Å². The number of nitrogens with two attached hydrogens (primary N) is 1. The summed E-state index contributed by atoms with van der Waals surface area (Å²) in [5.74, 6) is 0. The van der Waals surface area contributed by atoms with Crippen LogP contribution in [0.4, 0.5) is 0 Å². The Balaban J connectivity index is 2.01. The fourth-order valence-corrected chi connectivity index (χ4v) is 1.61. The van der Waals surface area contributed by atoms with Gasteiger partial charge in [-0.25, -0.2) is 0 Å². The molecule has 0 aliphatic heterocycles. The van der Waals surface area contributed by atoms with Crippen LogP contribution in [0, 0.1) is 0 Å². The normalized spacial score (nSPS) is 17.6.